The molecular weight excluding hydrogens is 436 g/mol. The number of benzene rings is 2. The van der Waals surface area contributed by atoms with E-state index in [4.69, 9.17) is 26.2 Å². The molecule has 34 heavy (non-hydrogen) atoms. The van der Waals surface area contributed by atoms with Crippen LogP contribution in [0.2, 0.25) is 0 Å². The maximum atomic E-state index is 11.0. The first-order chi connectivity index (χ1) is 16.3. The number of anilines is 2. The second-order valence-electron chi connectivity index (χ2n) is 8.00. The minimum Gasteiger partial charge on any atom is -0.505 e. The highest BCUT2D eigenvalue weighted by Crippen LogP contribution is 2.48. The number of fused-ring (bicyclic) bond motifs is 4. The Morgan fingerprint density at radius 3 is 1.62 bits per heavy atom. The molecule has 2 aromatic carbocycles. The number of ether oxygens (including phenoxy) is 1. The molecule has 2 unspecified atom stereocenters. The minimum absolute atomic E-state index is 0.0572. The van der Waals surface area contributed by atoms with Crippen molar-refractivity contribution in [2.75, 3.05) is 11.5 Å². The van der Waals surface area contributed by atoms with Crippen molar-refractivity contribution in [2.45, 2.75) is 17.9 Å². The van der Waals surface area contributed by atoms with Crippen LogP contribution in [-0.4, -0.2) is 44.1 Å². The van der Waals surface area contributed by atoms with Crippen LogP contribution in [0.1, 0.15) is 11.1 Å². The van der Waals surface area contributed by atoms with Gasteiger partial charge in [0.05, 0.1) is 33.9 Å². The van der Waals surface area contributed by atoms with Gasteiger partial charge in [-0.05, 0) is 36.4 Å². The molecule has 0 saturated heterocycles. The molecule has 0 fully saturated rings. The molecule has 4 bridgehead atoms. The molecule has 0 radical (unpaired) electrons. The van der Waals surface area contributed by atoms with E-state index in [-0.39, 0.29) is 56.9 Å². The molecule has 5 rings (SSSR count). The summed E-state index contributed by atoms with van der Waals surface area (Å²) in [4.78, 5) is 9.54. The zero-order valence-corrected chi connectivity index (χ0v) is 17.8. The van der Waals surface area contributed by atoms with E-state index in [0.29, 0.717) is 0 Å². The number of aromatic hydroxyl groups is 2. The van der Waals surface area contributed by atoms with Crippen LogP contribution in [0.15, 0.2) is 94.4 Å². The Hall–Kier alpha value is -4.34. The number of para-hydroxylation sites is 2. The Labute approximate surface area is 194 Å². The number of aliphatic hydroxyl groups is 2. The van der Waals surface area contributed by atoms with Crippen LogP contribution in [0.3, 0.4) is 0 Å². The topological polar surface area (TPSA) is 167 Å². The normalized spacial score (nSPS) is 22.6. The maximum absolute atomic E-state index is 11.0. The van der Waals surface area contributed by atoms with Crippen molar-refractivity contribution >= 4 is 22.8 Å². The van der Waals surface area contributed by atoms with Crippen molar-refractivity contribution in [2.24, 2.45) is 9.98 Å². The average molecular weight is 458 g/mol. The van der Waals surface area contributed by atoms with Crippen molar-refractivity contribution in [3.8, 4) is 11.5 Å². The highest BCUT2D eigenvalue weighted by atomic mass is 16.5. The van der Waals surface area contributed by atoms with Gasteiger partial charge in [-0.3, -0.25) is 0 Å². The van der Waals surface area contributed by atoms with E-state index in [0.717, 1.165) is 0 Å². The largest absolute Gasteiger partial charge is 0.505 e. The summed E-state index contributed by atoms with van der Waals surface area (Å²) >= 11 is 0. The number of nitrogens with two attached hydrogens (primary N) is 2. The number of aliphatic hydroxyl groups excluding tert-OH is 2. The highest BCUT2D eigenvalue weighted by Gasteiger charge is 2.43. The lowest BCUT2D eigenvalue weighted by atomic mass is 9.88. The van der Waals surface area contributed by atoms with Crippen LogP contribution in [0.4, 0.5) is 11.4 Å². The molecule has 0 aromatic heterocycles. The number of nitrogens with zero attached hydrogens (tertiary/aromatic N) is 2. The molecule has 1 aliphatic heterocycles. The van der Waals surface area contributed by atoms with Gasteiger partial charge in [0.2, 0.25) is 5.66 Å². The van der Waals surface area contributed by atoms with E-state index < -0.39 is 17.9 Å². The van der Waals surface area contributed by atoms with Gasteiger partial charge in [0.15, 0.2) is 12.2 Å². The van der Waals surface area contributed by atoms with E-state index in [9.17, 15) is 20.4 Å². The fraction of sp³-hybridized carbons (Fsp3) is 0.120. The summed E-state index contributed by atoms with van der Waals surface area (Å²) in [5, 5.41) is 44.1. The summed E-state index contributed by atoms with van der Waals surface area (Å²) in [6.07, 6.45) is 6.88. The van der Waals surface area contributed by atoms with Crippen LogP contribution >= 0.6 is 0 Å². The number of phenols is 2. The number of hydrogen-bond donors (Lipinski definition) is 6. The fourth-order valence-corrected chi connectivity index (χ4v) is 4.12. The zero-order valence-electron chi connectivity index (χ0n) is 17.8. The van der Waals surface area contributed by atoms with Crippen molar-refractivity contribution < 1.29 is 25.2 Å². The summed E-state index contributed by atoms with van der Waals surface area (Å²) < 4.78 is 5.78. The van der Waals surface area contributed by atoms with Crippen molar-refractivity contribution in [3.05, 3.63) is 95.5 Å². The first kappa shape index (κ1) is 21.5. The molecule has 9 heteroatoms. The van der Waals surface area contributed by atoms with E-state index >= 15 is 0 Å². The molecular formula is C25H22N4O5. The Bertz CT molecular complexity index is 1270. The highest BCUT2D eigenvalue weighted by molar-refractivity contribution is 6.04. The van der Waals surface area contributed by atoms with Gasteiger partial charge in [-0.1, -0.05) is 36.4 Å². The SMILES string of the molecule is Nc1cccc(C2(c3cccc(N)c3O)N=C3C=CC=C(OC4=CC=CC(=N2)C4O)C3O)c1O. The molecule has 0 saturated carbocycles. The summed E-state index contributed by atoms with van der Waals surface area (Å²) in [6, 6.07) is 9.33. The van der Waals surface area contributed by atoms with E-state index in [2.05, 4.69) is 0 Å². The van der Waals surface area contributed by atoms with Gasteiger partial charge >= 0.3 is 0 Å². The molecule has 3 aliphatic rings. The van der Waals surface area contributed by atoms with Crippen molar-refractivity contribution in [1.29, 1.82) is 0 Å². The molecule has 8 N–H and O–H groups in total. The molecule has 172 valence electrons. The van der Waals surface area contributed by atoms with Crippen LogP contribution in [0.5, 0.6) is 11.5 Å². The lowest BCUT2D eigenvalue weighted by Gasteiger charge is -2.34. The smallest absolute Gasteiger partial charge is 0.209 e. The van der Waals surface area contributed by atoms with Crippen molar-refractivity contribution in [1.82, 2.24) is 0 Å². The van der Waals surface area contributed by atoms with Gasteiger partial charge in [-0.25, -0.2) is 9.98 Å². The molecule has 9 nitrogen and oxygen atoms in total. The Morgan fingerprint density at radius 2 is 1.18 bits per heavy atom. The van der Waals surface area contributed by atoms with Gasteiger partial charge in [0.1, 0.15) is 23.0 Å². The number of aliphatic imine (C=N–C) groups is 2. The molecule has 2 aromatic rings. The van der Waals surface area contributed by atoms with E-state index in [1.54, 1.807) is 60.7 Å². The third-order valence-electron chi connectivity index (χ3n) is 5.86. The predicted molar refractivity (Wildman–Crippen MR) is 128 cm³/mol. The van der Waals surface area contributed by atoms with Gasteiger partial charge in [-0.2, -0.15) is 0 Å². The van der Waals surface area contributed by atoms with E-state index in [1.165, 1.54) is 12.1 Å². The number of hydrogen-bond acceptors (Lipinski definition) is 9. The van der Waals surface area contributed by atoms with Crippen LogP contribution in [0, 0.1) is 0 Å². The lowest BCUT2D eigenvalue weighted by Crippen LogP contribution is -2.37. The lowest BCUT2D eigenvalue weighted by molar-refractivity contribution is 0.135. The quantitative estimate of drug-likeness (QED) is 0.296. The fourth-order valence-electron chi connectivity index (χ4n) is 4.12. The average Bonchev–Trinajstić information content (AvgIpc) is 2.81. The predicted octanol–water partition coefficient (Wildman–Crippen LogP) is 2.00. The molecule has 2 atom stereocenters. The Balaban J connectivity index is 1.95. The molecule has 2 aliphatic carbocycles. The summed E-state index contributed by atoms with van der Waals surface area (Å²) in [5.41, 5.74) is 10.8. The second-order valence-corrected chi connectivity index (χ2v) is 8.00. The summed E-state index contributed by atoms with van der Waals surface area (Å²) in [6.45, 7) is 0. The summed E-state index contributed by atoms with van der Waals surface area (Å²) in [5.74, 6) is -0.348. The molecule has 0 spiro atoms. The van der Waals surface area contributed by atoms with Crippen LogP contribution in [-0.2, 0) is 10.4 Å². The maximum Gasteiger partial charge on any atom is 0.209 e. The van der Waals surface area contributed by atoms with Crippen molar-refractivity contribution in [3.63, 3.8) is 0 Å². The van der Waals surface area contributed by atoms with Gasteiger partial charge in [0.25, 0.3) is 0 Å². The monoisotopic (exact) mass is 458 g/mol. The number of allylic oxidation sites excluding steroid dienone is 4. The first-order valence-corrected chi connectivity index (χ1v) is 10.5. The second kappa shape index (κ2) is 7.91. The Kier molecular flexibility index (Phi) is 5.00. The number of nitrogen functional groups attached to an aromatic ring is 2. The number of phenolic OH excluding ortho intramolecular Hbond substituents is 2. The van der Waals surface area contributed by atoms with E-state index in [1.807, 2.05) is 0 Å². The third-order valence-corrected chi connectivity index (χ3v) is 5.86. The van der Waals surface area contributed by atoms with Crippen LogP contribution in [0.25, 0.3) is 0 Å². The molecule has 0 amide bonds. The van der Waals surface area contributed by atoms with Crippen LogP contribution < -0.4 is 11.5 Å². The first-order valence-electron chi connectivity index (χ1n) is 10.5. The third kappa shape index (κ3) is 3.26. The van der Waals surface area contributed by atoms with Gasteiger partial charge in [-0.15, -0.1) is 0 Å². The molecule has 1 heterocycles. The Morgan fingerprint density at radius 1 is 0.735 bits per heavy atom. The van der Waals surface area contributed by atoms with Gasteiger partial charge in [0, 0.05) is 0 Å². The summed E-state index contributed by atoms with van der Waals surface area (Å²) in [7, 11) is 0. The standard InChI is InChI=1S/C25H22N4O5/c26-15-7-1-5-13(21(15)30)25(14-6-2-8-16(27)22(14)31)28-17-9-3-11-19(23(17)32)34-20-12-4-10-18(29-25)24(20)33/h1-12,23-24,30-33H,26-27H2. The zero-order chi connectivity index (χ0) is 24.0. The van der Waals surface area contributed by atoms with Gasteiger partial charge < -0.3 is 36.6 Å². The number of rotatable bonds is 2. The minimum atomic E-state index is -1.89.